The summed E-state index contributed by atoms with van der Waals surface area (Å²) < 4.78 is 11.5. The number of fused-ring (bicyclic) bond motifs is 1. The van der Waals surface area contributed by atoms with E-state index in [0.717, 1.165) is 41.9 Å². The van der Waals surface area contributed by atoms with Gasteiger partial charge in [-0.2, -0.15) is 0 Å². The predicted molar refractivity (Wildman–Crippen MR) is 137 cm³/mol. The van der Waals surface area contributed by atoms with Gasteiger partial charge in [-0.3, -0.25) is 9.69 Å². The van der Waals surface area contributed by atoms with E-state index in [2.05, 4.69) is 36.0 Å². The maximum absolute atomic E-state index is 13.1. The molecule has 1 aliphatic rings. The number of hydrogen-bond acceptors (Lipinski definition) is 5. The van der Waals surface area contributed by atoms with Gasteiger partial charge in [0.05, 0.1) is 24.9 Å². The molecule has 0 radical (unpaired) electrons. The number of carbonyl (C=O) groups is 1. The van der Waals surface area contributed by atoms with Crippen molar-refractivity contribution in [2.45, 2.75) is 19.8 Å². The first kappa shape index (κ1) is 23.5. The van der Waals surface area contributed by atoms with Crippen LogP contribution in [0.4, 0.5) is 11.4 Å². The Morgan fingerprint density at radius 3 is 2.56 bits per heavy atom. The Balaban J connectivity index is 1.52. The molecule has 176 valence electrons. The Labute approximate surface area is 201 Å². The van der Waals surface area contributed by atoms with Crippen molar-refractivity contribution < 1.29 is 14.3 Å². The van der Waals surface area contributed by atoms with Crippen LogP contribution in [-0.2, 0) is 11.2 Å². The normalized spacial score (nSPS) is 13.1. The second kappa shape index (κ2) is 11.0. The fourth-order valence-electron chi connectivity index (χ4n) is 4.02. The van der Waals surface area contributed by atoms with E-state index in [-0.39, 0.29) is 12.3 Å². The number of likely N-dealkylation sites (N-methyl/N-ethyl adjacent to an activating group) is 1. The van der Waals surface area contributed by atoms with Crippen molar-refractivity contribution in [1.29, 1.82) is 0 Å². The van der Waals surface area contributed by atoms with Crippen LogP contribution >= 0.6 is 0 Å². The standard InChI is InChI=1S/C28H31N3O3/c1-4-14-30(2)15-16-34-26-13-12-24(19-27(26)33-3)31-20-29-25-17-22(21-8-6-5-7-9-21)10-11-23(25)18-28(31)32/h5-13,17,19-20H,4,14-16,18H2,1-3H3. The van der Waals surface area contributed by atoms with Crippen molar-refractivity contribution in [3.05, 3.63) is 72.3 Å². The molecular weight excluding hydrogens is 426 g/mol. The van der Waals surface area contributed by atoms with Crippen LogP contribution in [0.3, 0.4) is 0 Å². The second-order valence-corrected chi connectivity index (χ2v) is 8.38. The van der Waals surface area contributed by atoms with E-state index >= 15 is 0 Å². The Hall–Kier alpha value is -3.64. The molecule has 3 aromatic rings. The van der Waals surface area contributed by atoms with Gasteiger partial charge in [-0.15, -0.1) is 0 Å². The number of amides is 1. The van der Waals surface area contributed by atoms with Crippen LogP contribution < -0.4 is 14.4 Å². The molecule has 3 aromatic carbocycles. The highest BCUT2D eigenvalue weighted by molar-refractivity contribution is 6.11. The van der Waals surface area contributed by atoms with Gasteiger partial charge in [0.2, 0.25) is 5.91 Å². The summed E-state index contributed by atoms with van der Waals surface area (Å²) in [6.45, 7) is 4.59. The van der Waals surface area contributed by atoms with Gasteiger partial charge < -0.3 is 14.4 Å². The minimum Gasteiger partial charge on any atom is -0.493 e. The number of carbonyl (C=O) groups excluding carboxylic acids is 1. The lowest BCUT2D eigenvalue weighted by Gasteiger charge is -2.19. The van der Waals surface area contributed by atoms with Crippen LogP contribution in [0.1, 0.15) is 18.9 Å². The van der Waals surface area contributed by atoms with Crippen molar-refractivity contribution >= 4 is 23.6 Å². The topological polar surface area (TPSA) is 54.4 Å². The summed E-state index contributed by atoms with van der Waals surface area (Å²) in [5, 5.41) is 0. The van der Waals surface area contributed by atoms with E-state index in [9.17, 15) is 4.79 Å². The zero-order chi connectivity index (χ0) is 23.9. The molecule has 0 bridgehead atoms. The SMILES string of the molecule is CCCN(C)CCOc1ccc(N2C=Nc3cc(-c4ccccc4)ccc3CC2=O)cc1OC. The first-order valence-corrected chi connectivity index (χ1v) is 11.6. The maximum atomic E-state index is 13.1. The molecule has 0 aromatic heterocycles. The number of rotatable bonds is 9. The molecule has 0 aliphatic carbocycles. The van der Waals surface area contributed by atoms with Crippen LogP contribution in [0.15, 0.2) is 71.7 Å². The number of ether oxygens (including phenoxy) is 2. The number of aliphatic imine (C=N–C) groups is 1. The molecule has 4 rings (SSSR count). The van der Waals surface area contributed by atoms with Crippen LogP contribution in [-0.4, -0.2) is 51.0 Å². The fraction of sp³-hybridized carbons (Fsp3) is 0.286. The number of hydrogen-bond donors (Lipinski definition) is 0. The monoisotopic (exact) mass is 457 g/mol. The molecule has 0 saturated carbocycles. The Morgan fingerprint density at radius 2 is 1.79 bits per heavy atom. The lowest BCUT2D eigenvalue weighted by molar-refractivity contribution is -0.117. The van der Waals surface area contributed by atoms with E-state index in [1.54, 1.807) is 18.3 Å². The van der Waals surface area contributed by atoms with Gasteiger partial charge in [-0.1, -0.05) is 49.4 Å². The van der Waals surface area contributed by atoms with Gasteiger partial charge in [0, 0.05) is 12.6 Å². The zero-order valence-electron chi connectivity index (χ0n) is 20.0. The number of nitrogens with zero attached hydrogens (tertiary/aromatic N) is 3. The summed E-state index contributed by atoms with van der Waals surface area (Å²) in [5.74, 6) is 1.20. The lowest BCUT2D eigenvalue weighted by atomic mass is 10.0. The molecule has 1 amide bonds. The van der Waals surface area contributed by atoms with Crippen LogP contribution in [0, 0.1) is 0 Å². The smallest absolute Gasteiger partial charge is 0.236 e. The molecule has 6 heteroatoms. The Kier molecular flexibility index (Phi) is 7.60. The van der Waals surface area contributed by atoms with Crippen LogP contribution in [0.25, 0.3) is 11.1 Å². The number of methoxy groups -OCH3 is 1. The largest absolute Gasteiger partial charge is 0.493 e. The highest BCUT2D eigenvalue weighted by Crippen LogP contribution is 2.34. The highest BCUT2D eigenvalue weighted by atomic mass is 16.5. The van der Waals surface area contributed by atoms with Crippen molar-refractivity contribution in [2.24, 2.45) is 4.99 Å². The Morgan fingerprint density at radius 1 is 0.971 bits per heavy atom. The molecule has 1 aliphatic heterocycles. The molecule has 0 N–H and O–H groups in total. The van der Waals surface area contributed by atoms with Crippen molar-refractivity contribution in [2.75, 3.05) is 38.8 Å². The third kappa shape index (κ3) is 5.46. The van der Waals surface area contributed by atoms with Crippen molar-refractivity contribution in [1.82, 2.24) is 4.90 Å². The Bertz CT molecular complexity index is 1160. The van der Waals surface area contributed by atoms with E-state index < -0.39 is 0 Å². The summed E-state index contributed by atoms with van der Waals surface area (Å²) in [6.07, 6.45) is 2.98. The number of benzene rings is 3. The molecule has 0 unspecified atom stereocenters. The van der Waals surface area contributed by atoms with Crippen molar-refractivity contribution in [3.63, 3.8) is 0 Å². The van der Waals surface area contributed by atoms with Gasteiger partial charge in [-0.05, 0) is 54.9 Å². The van der Waals surface area contributed by atoms with Gasteiger partial charge in [0.1, 0.15) is 12.9 Å². The molecule has 0 spiro atoms. The molecule has 0 saturated heterocycles. The minimum atomic E-state index is -0.0492. The van der Waals surface area contributed by atoms with E-state index in [4.69, 9.17) is 9.47 Å². The quantitative estimate of drug-likeness (QED) is 0.436. The molecule has 0 atom stereocenters. The first-order valence-electron chi connectivity index (χ1n) is 11.6. The summed E-state index contributed by atoms with van der Waals surface area (Å²) in [7, 11) is 3.69. The highest BCUT2D eigenvalue weighted by Gasteiger charge is 2.21. The summed E-state index contributed by atoms with van der Waals surface area (Å²) in [4.78, 5) is 21.5. The van der Waals surface area contributed by atoms with Gasteiger partial charge in [0.25, 0.3) is 0 Å². The molecule has 1 heterocycles. The van der Waals surface area contributed by atoms with E-state index in [1.165, 1.54) is 0 Å². The lowest BCUT2D eigenvalue weighted by Crippen LogP contribution is -2.29. The summed E-state index contributed by atoms with van der Waals surface area (Å²) in [6, 6.07) is 21.8. The maximum Gasteiger partial charge on any atom is 0.236 e. The molecule has 0 fully saturated rings. The average Bonchev–Trinajstić information content (AvgIpc) is 3.02. The average molecular weight is 458 g/mol. The zero-order valence-corrected chi connectivity index (χ0v) is 20.0. The third-order valence-corrected chi connectivity index (χ3v) is 5.88. The van der Waals surface area contributed by atoms with Gasteiger partial charge >= 0.3 is 0 Å². The van der Waals surface area contributed by atoms with E-state index in [1.807, 2.05) is 54.6 Å². The first-order chi connectivity index (χ1) is 16.6. The molecular formula is C28H31N3O3. The summed E-state index contributed by atoms with van der Waals surface area (Å²) >= 11 is 0. The van der Waals surface area contributed by atoms with Crippen molar-refractivity contribution in [3.8, 4) is 22.6 Å². The molecule has 6 nitrogen and oxygen atoms in total. The summed E-state index contributed by atoms with van der Waals surface area (Å²) in [5.41, 5.74) is 4.60. The molecule has 34 heavy (non-hydrogen) atoms. The number of anilines is 1. The van der Waals surface area contributed by atoms with Gasteiger partial charge in [0.15, 0.2) is 11.5 Å². The van der Waals surface area contributed by atoms with E-state index in [0.29, 0.717) is 23.8 Å². The second-order valence-electron chi connectivity index (χ2n) is 8.38. The van der Waals surface area contributed by atoms with Gasteiger partial charge in [-0.25, -0.2) is 4.99 Å². The minimum absolute atomic E-state index is 0.0492. The predicted octanol–water partition coefficient (Wildman–Crippen LogP) is 5.33. The third-order valence-electron chi connectivity index (χ3n) is 5.88. The fourth-order valence-corrected chi connectivity index (χ4v) is 4.02. The van der Waals surface area contributed by atoms with Crippen LogP contribution in [0.5, 0.6) is 11.5 Å². The van der Waals surface area contributed by atoms with Crippen LogP contribution in [0.2, 0.25) is 0 Å².